The molecular formula is C10H7F3N2O3. The predicted octanol–water partition coefficient (Wildman–Crippen LogP) is 1.85. The van der Waals surface area contributed by atoms with Crippen molar-refractivity contribution in [2.75, 3.05) is 0 Å². The van der Waals surface area contributed by atoms with Crippen molar-refractivity contribution in [3.8, 4) is 5.75 Å². The second-order valence-corrected chi connectivity index (χ2v) is 3.56. The second kappa shape index (κ2) is 3.90. The van der Waals surface area contributed by atoms with Crippen LogP contribution in [0, 0.1) is 0 Å². The van der Waals surface area contributed by atoms with Gasteiger partial charge in [0.05, 0.1) is 5.52 Å². The fourth-order valence-corrected chi connectivity index (χ4v) is 1.64. The number of fused-ring (bicyclic) bond motifs is 1. The zero-order chi connectivity index (χ0) is 13.5. The molecule has 8 heteroatoms. The number of alkyl halides is 3. The molecule has 0 atom stereocenters. The van der Waals surface area contributed by atoms with Crippen molar-refractivity contribution in [1.82, 2.24) is 9.55 Å². The average molecular weight is 260 g/mol. The SMILES string of the molecule is O=C(O)Cn1c(C(F)(F)F)nc2c(O)cccc21. The maximum atomic E-state index is 12.7. The largest absolute Gasteiger partial charge is 0.506 e. The van der Waals surface area contributed by atoms with E-state index >= 15 is 0 Å². The van der Waals surface area contributed by atoms with Gasteiger partial charge in [-0.1, -0.05) is 6.07 Å². The highest BCUT2D eigenvalue weighted by Crippen LogP contribution is 2.33. The summed E-state index contributed by atoms with van der Waals surface area (Å²) in [5.74, 6) is -3.20. The number of halogens is 3. The number of rotatable bonds is 2. The van der Waals surface area contributed by atoms with Crippen LogP contribution >= 0.6 is 0 Å². The Hall–Kier alpha value is -2.25. The lowest BCUT2D eigenvalue weighted by atomic mass is 10.3. The van der Waals surface area contributed by atoms with Gasteiger partial charge >= 0.3 is 12.1 Å². The zero-order valence-electron chi connectivity index (χ0n) is 8.77. The Bertz CT molecular complexity index is 619. The molecule has 5 nitrogen and oxygen atoms in total. The molecule has 2 rings (SSSR count). The van der Waals surface area contributed by atoms with E-state index in [1.165, 1.54) is 18.2 Å². The van der Waals surface area contributed by atoms with Crippen LogP contribution in [-0.4, -0.2) is 25.7 Å². The molecule has 18 heavy (non-hydrogen) atoms. The third kappa shape index (κ3) is 1.96. The number of nitrogens with zero attached hydrogens (tertiary/aromatic N) is 2. The van der Waals surface area contributed by atoms with Crippen LogP contribution in [0.25, 0.3) is 11.0 Å². The van der Waals surface area contributed by atoms with Crippen molar-refractivity contribution >= 4 is 17.0 Å². The van der Waals surface area contributed by atoms with Crippen molar-refractivity contribution in [2.45, 2.75) is 12.7 Å². The van der Waals surface area contributed by atoms with E-state index in [9.17, 15) is 23.1 Å². The molecule has 0 unspecified atom stereocenters. The van der Waals surface area contributed by atoms with E-state index < -0.39 is 30.3 Å². The highest BCUT2D eigenvalue weighted by molar-refractivity contribution is 5.83. The van der Waals surface area contributed by atoms with Crippen molar-refractivity contribution in [3.63, 3.8) is 0 Å². The van der Waals surface area contributed by atoms with Gasteiger partial charge in [-0.15, -0.1) is 0 Å². The number of hydrogen-bond donors (Lipinski definition) is 2. The molecule has 2 N–H and O–H groups in total. The number of aliphatic carboxylic acids is 1. The average Bonchev–Trinajstić information content (AvgIpc) is 2.57. The number of benzene rings is 1. The van der Waals surface area contributed by atoms with Crippen LogP contribution in [0.15, 0.2) is 18.2 Å². The standard InChI is InChI=1S/C10H7F3N2O3/c11-10(12,13)9-14-8-5(2-1-3-6(8)16)15(9)4-7(17)18/h1-3,16H,4H2,(H,17,18). The summed E-state index contributed by atoms with van der Waals surface area (Å²) in [6.45, 7) is -0.880. The summed E-state index contributed by atoms with van der Waals surface area (Å²) >= 11 is 0. The summed E-state index contributed by atoms with van der Waals surface area (Å²) in [6, 6.07) is 3.76. The molecule has 1 aromatic carbocycles. The molecule has 0 bridgehead atoms. The van der Waals surface area contributed by atoms with Crippen LogP contribution in [0.5, 0.6) is 5.75 Å². The molecule has 0 saturated heterocycles. The first kappa shape index (κ1) is 12.2. The molecule has 0 spiro atoms. The number of para-hydroxylation sites is 1. The zero-order valence-corrected chi connectivity index (χ0v) is 8.77. The molecule has 2 aromatic rings. The third-order valence-electron chi connectivity index (χ3n) is 2.30. The summed E-state index contributed by atoms with van der Waals surface area (Å²) in [6.07, 6.45) is -4.79. The lowest BCUT2D eigenvalue weighted by molar-refractivity contribution is -0.148. The van der Waals surface area contributed by atoms with Gasteiger partial charge in [0.25, 0.3) is 0 Å². The van der Waals surface area contributed by atoms with Gasteiger partial charge in [-0.2, -0.15) is 13.2 Å². The molecule has 0 amide bonds. The van der Waals surface area contributed by atoms with Crippen molar-refractivity contribution in [3.05, 3.63) is 24.0 Å². The summed E-state index contributed by atoms with van der Waals surface area (Å²) in [7, 11) is 0. The number of carbonyl (C=O) groups is 1. The minimum absolute atomic E-state index is 0.0790. The molecule has 0 aliphatic heterocycles. The quantitative estimate of drug-likeness (QED) is 0.863. The Kier molecular flexibility index (Phi) is 2.64. The van der Waals surface area contributed by atoms with Crippen LogP contribution in [0.2, 0.25) is 0 Å². The molecule has 0 fully saturated rings. The van der Waals surface area contributed by atoms with Crippen LogP contribution in [0.3, 0.4) is 0 Å². The Morgan fingerprint density at radius 2 is 2.06 bits per heavy atom. The first-order chi connectivity index (χ1) is 8.30. The molecule has 0 aliphatic rings. The topological polar surface area (TPSA) is 75.3 Å². The van der Waals surface area contributed by atoms with Gasteiger partial charge in [0, 0.05) is 0 Å². The van der Waals surface area contributed by atoms with E-state index in [2.05, 4.69) is 4.98 Å². The van der Waals surface area contributed by atoms with E-state index in [4.69, 9.17) is 5.11 Å². The van der Waals surface area contributed by atoms with E-state index in [1.807, 2.05) is 0 Å². The molecule has 0 aliphatic carbocycles. The summed E-state index contributed by atoms with van der Waals surface area (Å²) in [5, 5.41) is 18.0. The van der Waals surface area contributed by atoms with E-state index in [0.29, 0.717) is 4.57 Å². The van der Waals surface area contributed by atoms with Crippen LogP contribution in [-0.2, 0) is 17.5 Å². The van der Waals surface area contributed by atoms with Crippen molar-refractivity contribution in [1.29, 1.82) is 0 Å². The maximum Gasteiger partial charge on any atom is 0.449 e. The third-order valence-corrected chi connectivity index (χ3v) is 2.30. The highest BCUT2D eigenvalue weighted by atomic mass is 19.4. The molecule has 0 radical (unpaired) electrons. The van der Waals surface area contributed by atoms with Gasteiger partial charge in [-0.05, 0) is 12.1 Å². The number of imidazole rings is 1. The fraction of sp³-hybridized carbons (Fsp3) is 0.200. The molecule has 1 heterocycles. The number of aromatic nitrogens is 2. The summed E-state index contributed by atoms with van der Waals surface area (Å²) < 4.78 is 38.6. The van der Waals surface area contributed by atoms with Crippen LogP contribution in [0.4, 0.5) is 13.2 Å². The van der Waals surface area contributed by atoms with Gasteiger partial charge < -0.3 is 14.8 Å². The molecular weight excluding hydrogens is 253 g/mol. The Balaban J connectivity index is 2.76. The number of aromatic hydroxyl groups is 1. The minimum Gasteiger partial charge on any atom is -0.506 e. The number of carboxylic acid groups (broad SMARTS) is 1. The van der Waals surface area contributed by atoms with Crippen LogP contribution < -0.4 is 0 Å². The maximum absolute atomic E-state index is 12.7. The highest BCUT2D eigenvalue weighted by Gasteiger charge is 2.38. The van der Waals surface area contributed by atoms with E-state index in [-0.39, 0.29) is 11.0 Å². The Morgan fingerprint density at radius 3 is 2.61 bits per heavy atom. The number of phenolic OH excluding ortho intramolecular Hbond substituents is 1. The lowest BCUT2D eigenvalue weighted by Crippen LogP contribution is -2.18. The monoisotopic (exact) mass is 260 g/mol. The van der Waals surface area contributed by atoms with Gasteiger partial charge in [0.15, 0.2) is 0 Å². The van der Waals surface area contributed by atoms with E-state index in [0.717, 1.165) is 0 Å². The van der Waals surface area contributed by atoms with Crippen LogP contribution in [0.1, 0.15) is 5.82 Å². The van der Waals surface area contributed by atoms with Gasteiger partial charge in [-0.25, -0.2) is 4.98 Å². The van der Waals surface area contributed by atoms with E-state index in [1.54, 1.807) is 0 Å². The van der Waals surface area contributed by atoms with Crippen molar-refractivity contribution < 1.29 is 28.2 Å². The lowest BCUT2D eigenvalue weighted by Gasteiger charge is -2.08. The van der Waals surface area contributed by atoms with Gasteiger partial charge in [0.2, 0.25) is 5.82 Å². The molecule has 0 saturated carbocycles. The van der Waals surface area contributed by atoms with Gasteiger partial charge in [-0.3, -0.25) is 4.79 Å². The first-order valence-electron chi connectivity index (χ1n) is 4.78. The Morgan fingerprint density at radius 1 is 1.39 bits per heavy atom. The smallest absolute Gasteiger partial charge is 0.449 e. The number of phenols is 1. The van der Waals surface area contributed by atoms with Gasteiger partial charge in [0.1, 0.15) is 17.8 Å². The number of hydrogen-bond acceptors (Lipinski definition) is 3. The second-order valence-electron chi connectivity index (χ2n) is 3.56. The summed E-state index contributed by atoms with van der Waals surface area (Å²) in [4.78, 5) is 13.9. The number of carboxylic acids is 1. The Labute approximate surface area is 98.1 Å². The normalized spacial score (nSPS) is 11.9. The fourth-order valence-electron chi connectivity index (χ4n) is 1.64. The minimum atomic E-state index is -4.79. The first-order valence-corrected chi connectivity index (χ1v) is 4.78. The molecule has 1 aromatic heterocycles. The summed E-state index contributed by atoms with van der Waals surface area (Å²) in [5.41, 5.74) is -0.351. The molecule has 96 valence electrons. The van der Waals surface area contributed by atoms with Crippen molar-refractivity contribution in [2.24, 2.45) is 0 Å². The predicted molar refractivity (Wildman–Crippen MR) is 54.0 cm³/mol.